The number of nitriles is 1. The maximum atomic E-state index is 16.5. The third-order valence-corrected chi connectivity index (χ3v) is 11.2. The number of hydrogen-bond acceptors (Lipinski definition) is 9. The molecule has 9 nitrogen and oxygen atoms in total. The molecule has 16 heteroatoms. The predicted octanol–water partition coefficient (Wildman–Crippen LogP) is 7.30. The van der Waals surface area contributed by atoms with Gasteiger partial charge in [-0.15, -0.1) is 11.3 Å². The van der Waals surface area contributed by atoms with E-state index in [1.54, 1.807) is 29.8 Å². The maximum absolute atomic E-state index is 16.5. The lowest BCUT2D eigenvalue weighted by atomic mass is 9.92. The number of fused-ring (bicyclic) bond motifs is 3. The lowest BCUT2D eigenvalue weighted by Gasteiger charge is -2.32. The molecule has 3 saturated heterocycles. The number of benzene rings is 2. The minimum Gasteiger partial charge on any atom is -0.467 e. The number of hydrogen-bond donors (Lipinski definition) is 1. The molecule has 3 aliphatic heterocycles. The molecule has 7 rings (SSSR count). The minimum atomic E-state index is -5.07. The Kier molecular flexibility index (Phi) is 9.99. The zero-order valence-corrected chi connectivity index (χ0v) is 29.3. The molecule has 2 aromatic heterocycles. The lowest BCUT2D eigenvalue weighted by molar-refractivity contribution is -0.137. The first-order valence-electron chi connectivity index (χ1n) is 16.7. The molecule has 0 saturated carbocycles. The van der Waals surface area contributed by atoms with Gasteiger partial charge < -0.3 is 20.3 Å². The van der Waals surface area contributed by atoms with Crippen LogP contribution in [0.1, 0.15) is 57.1 Å². The monoisotopic (exact) mass is 733 g/mol. The quantitative estimate of drug-likeness (QED) is 0.213. The number of carbonyl (C=O) groups is 1. The largest absolute Gasteiger partial charge is 0.467 e. The highest BCUT2D eigenvalue weighted by atomic mass is 32.1. The summed E-state index contributed by atoms with van der Waals surface area (Å²) in [7, 11) is 2.85. The highest BCUT2D eigenvalue weighted by molar-refractivity contribution is 7.23. The summed E-state index contributed by atoms with van der Waals surface area (Å²) in [5.41, 5.74) is 2.55. The number of ether oxygens (including phenoxy) is 1. The molecular weight excluding hydrogens is 696 g/mol. The summed E-state index contributed by atoms with van der Waals surface area (Å²) in [5.74, 6) is -2.23. The van der Waals surface area contributed by atoms with Gasteiger partial charge in [-0.2, -0.15) is 28.4 Å². The van der Waals surface area contributed by atoms with Crippen molar-refractivity contribution in [2.24, 2.45) is 0 Å². The fourth-order valence-corrected chi connectivity index (χ4v) is 8.68. The first-order valence-corrected chi connectivity index (χ1v) is 17.5. The number of nitrogen functional groups attached to an aromatic ring is 1. The first-order chi connectivity index (χ1) is 24.2. The fraction of sp³-hybridized carbons (Fsp3) is 0.486. The average Bonchev–Trinajstić information content (AvgIpc) is 3.86. The zero-order valence-electron chi connectivity index (χ0n) is 28.5. The molecular formula is C35H37F6N7O2S. The van der Waals surface area contributed by atoms with Crippen molar-refractivity contribution in [2.45, 2.75) is 76.4 Å². The van der Waals surface area contributed by atoms with Crippen molar-refractivity contribution in [1.82, 2.24) is 19.8 Å². The van der Waals surface area contributed by atoms with Gasteiger partial charge in [-0.1, -0.05) is 13.0 Å². The molecule has 0 bridgehead atoms. The lowest BCUT2D eigenvalue weighted by Crippen LogP contribution is -2.44. The molecule has 2 aromatic carbocycles. The normalized spacial score (nSPS) is 21.9. The van der Waals surface area contributed by atoms with Crippen LogP contribution in [0.15, 0.2) is 18.2 Å². The molecule has 272 valence electrons. The number of carbonyl (C=O) groups excluding carboxylic acids is 1. The minimum absolute atomic E-state index is 0.0165. The Labute approximate surface area is 294 Å². The van der Waals surface area contributed by atoms with Gasteiger partial charge >= 0.3 is 12.2 Å². The van der Waals surface area contributed by atoms with Gasteiger partial charge in [0.25, 0.3) is 0 Å². The van der Waals surface area contributed by atoms with Gasteiger partial charge in [0.2, 0.25) is 5.91 Å². The van der Waals surface area contributed by atoms with Crippen LogP contribution in [0.2, 0.25) is 0 Å². The summed E-state index contributed by atoms with van der Waals surface area (Å²) < 4.78 is 92.9. The Morgan fingerprint density at radius 3 is 2.61 bits per heavy atom. The number of nitrogens with zero attached hydrogens (tertiary/aromatic N) is 6. The van der Waals surface area contributed by atoms with Crippen molar-refractivity contribution in [1.29, 1.82) is 5.26 Å². The van der Waals surface area contributed by atoms with Gasteiger partial charge in [0.1, 0.15) is 34.4 Å². The molecule has 2 N–H and O–H groups in total. The number of alkyl halides is 4. The van der Waals surface area contributed by atoms with Crippen LogP contribution in [0.25, 0.3) is 32.1 Å². The molecule has 0 spiro atoms. The van der Waals surface area contributed by atoms with Crippen LogP contribution < -0.4 is 15.4 Å². The van der Waals surface area contributed by atoms with E-state index in [9.17, 15) is 32.0 Å². The van der Waals surface area contributed by atoms with Gasteiger partial charge in [-0.25, -0.2) is 13.2 Å². The summed E-state index contributed by atoms with van der Waals surface area (Å²) in [6, 6.07) is 4.13. The summed E-state index contributed by atoms with van der Waals surface area (Å²) in [6.45, 7) is 5.88. The van der Waals surface area contributed by atoms with E-state index in [2.05, 4.69) is 14.9 Å². The van der Waals surface area contributed by atoms with Crippen LogP contribution >= 0.6 is 11.3 Å². The standard InChI is InChI=1S/C28H25F5N6O2S.C7H12FN/c1-5-19(40)39-9-8-18(12(39)2)38(3)26-14-10-16(28(31,32)33)21(22(30)23(14)36-27(37-26)41-4)13-6-7-17(29)24-20(13)15(11-34)25(35)42-24;8-6-4-7-2-1-3-9(7)5-6/h6-7,10,12,18H,5,8-9,35H2,1-4H3;6-7H,1-5H2. The number of rotatable bonds is 5. The van der Waals surface area contributed by atoms with Crippen LogP contribution in [0, 0.1) is 23.0 Å². The number of likely N-dealkylation sites (N-methyl/N-ethyl adjacent to an activating group) is 1. The molecule has 5 heterocycles. The van der Waals surface area contributed by atoms with Gasteiger partial charge in [0.15, 0.2) is 5.82 Å². The molecule has 3 fully saturated rings. The number of aromatic nitrogens is 2. The molecule has 0 aliphatic carbocycles. The molecule has 4 atom stereocenters. The number of halogens is 6. The van der Waals surface area contributed by atoms with Gasteiger partial charge in [-0.05, 0) is 56.8 Å². The van der Waals surface area contributed by atoms with E-state index in [-0.39, 0.29) is 61.4 Å². The maximum Gasteiger partial charge on any atom is 0.417 e. The van der Waals surface area contributed by atoms with Gasteiger partial charge in [0, 0.05) is 55.0 Å². The second-order valence-corrected chi connectivity index (χ2v) is 14.1. The van der Waals surface area contributed by atoms with Crippen LogP contribution in [-0.2, 0) is 11.0 Å². The second-order valence-electron chi connectivity index (χ2n) is 13.1. The van der Waals surface area contributed by atoms with Crippen molar-refractivity contribution in [3.05, 3.63) is 41.0 Å². The first kappa shape index (κ1) is 36.4. The van der Waals surface area contributed by atoms with Crippen molar-refractivity contribution in [3.8, 4) is 23.2 Å². The van der Waals surface area contributed by atoms with Gasteiger partial charge in [-0.3, -0.25) is 9.69 Å². The molecule has 0 radical (unpaired) electrons. The number of likely N-dealkylation sites (tertiary alicyclic amines) is 1. The highest BCUT2D eigenvalue weighted by Crippen LogP contribution is 2.48. The Balaban J connectivity index is 0.000000428. The van der Waals surface area contributed by atoms with Crippen molar-refractivity contribution in [2.75, 3.05) is 44.4 Å². The van der Waals surface area contributed by atoms with Gasteiger partial charge in [0.05, 0.1) is 29.0 Å². The van der Waals surface area contributed by atoms with E-state index in [1.807, 2.05) is 6.92 Å². The van der Waals surface area contributed by atoms with E-state index in [0.29, 0.717) is 43.3 Å². The Morgan fingerprint density at radius 1 is 1.22 bits per heavy atom. The fourth-order valence-electron chi connectivity index (χ4n) is 7.73. The molecule has 1 amide bonds. The summed E-state index contributed by atoms with van der Waals surface area (Å²) in [4.78, 5) is 26.4. The van der Waals surface area contributed by atoms with E-state index < -0.39 is 40.6 Å². The van der Waals surface area contributed by atoms with E-state index in [1.165, 1.54) is 20.0 Å². The van der Waals surface area contributed by atoms with Crippen LogP contribution in [0.3, 0.4) is 0 Å². The van der Waals surface area contributed by atoms with Crippen molar-refractivity contribution in [3.63, 3.8) is 0 Å². The average molecular weight is 734 g/mol. The molecule has 4 unspecified atom stereocenters. The smallest absolute Gasteiger partial charge is 0.417 e. The molecule has 3 aliphatic rings. The number of methoxy groups -OCH3 is 1. The second kappa shape index (κ2) is 14.0. The van der Waals surface area contributed by atoms with Crippen LogP contribution in [-0.4, -0.2) is 83.8 Å². The van der Waals surface area contributed by atoms with Crippen molar-refractivity contribution >= 4 is 49.1 Å². The van der Waals surface area contributed by atoms with E-state index in [4.69, 9.17) is 10.5 Å². The Bertz CT molecular complexity index is 2020. The van der Waals surface area contributed by atoms with Crippen LogP contribution in [0.5, 0.6) is 6.01 Å². The zero-order chi connectivity index (χ0) is 36.9. The Hall–Kier alpha value is -4.36. The summed E-state index contributed by atoms with van der Waals surface area (Å²) in [5, 5.41) is 9.11. The third-order valence-electron chi connectivity index (χ3n) is 10.2. The number of nitrogens with two attached hydrogens (primary N) is 1. The molecule has 51 heavy (non-hydrogen) atoms. The van der Waals surface area contributed by atoms with E-state index in [0.717, 1.165) is 31.2 Å². The summed E-state index contributed by atoms with van der Waals surface area (Å²) >= 11 is 0.688. The molecule has 4 aromatic rings. The van der Waals surface area contributed by atoms with Crippen LogP contribution in [0.4, 0.5) is 37.2 Å². The third kappa shape index (κ3) is 6.50. The SMILES string of the molecule is CCC(=O)N1CCC(N(C)c2nc(OC)nc3c(F)c(-c4ccc(F)c5sc(N)c(C#N)c45)c(C(F)(F)F)cc23)C1C.FC1CC2CCCN2C1. The Morgan fingerprint density at radius 2 is 1.96 bits per heavy atom. The highest BCUT2D eigenvalue weighted by Gasteiger charge is 2.40. The number of thiophene rings is 1. The summed E-state index contributed by atoms with van der Waals surface area (Å²) in [6.07, 6.45) is -1.45. The number of amides is 1. The predicted molar refractivity (Wildman–Crippen MR) is 183 cm³/mol. The van der Waals surface area contributed by atoms with E-state index >= 15 is 4.39 Å². The number of anilines is 2. The van der Waals surface area contributed by atoms with Crippen molar-refractivity contribution < 1.29 is 35.9 Å². The topological polar surface area (TPSA) is 112 Å².